The molecule has 0 heterocycles. The van der Waals surface area contributed by atoms with Crippen LogP contribution in [-0.4, -0.2) is 46.8 Å². The van der Waals surface area contributed by atoms with Crippen LogP contribution in [0, 0.1) is 0 Å². The number of hydrogen-bond donors (Lipinski definition) is 0. The molecule has 0 saturated carbocycles. The Kier molecular flexibility index (Phi) is 33.2. The zero-order chi connectivity index (χ0) is 7.40. The van der Waals surface area contributed by atoms with Gasteiger partial charge < -0.3 is 21.5 Å². The average molecular weight is 332 g/mol. The molecule has 0 bridgehead atoms. The van der Waals surface area contributed by atoms with Crippen molar-refractivity contribution in [1.29, 1.82) is 0 Å². The smallest absolute Gasteiger partial charge is 0.870 e. The molecule has 0 aromatic heterocycles. The second kappa shape index (κ2) is 16.8. The quantitative estimate of drug-likeness (QED) is 0.208. The van der Waals surface area contributed by atoms with Crippen LogP contribution < -0.4 is 34.7 Å². The molecule has 1 aliphatic rings. The summed E-state index contributed by atoms with van der Waals surface area (Å²) < 4.78 is 0. The molecule has 0 spiro atoms. The molecule has 0 aromatic rings. The zero-order valence-corrected chi connectivity index (χ0v) is 13.2. The topological polar surface area (TPSA) is 128 Å². The molecule has 5 nitrogen and oxygen atoms in total. The summed E-state index contributed by atoms with van der Waals surface area (Å²) >= 11 is 0. The summed E-state index contributed by atoms with van der Waals surface area (Å²) in [5.74, 6) is -0.144. The summed E-state index contributed by atoms with van der Waals surface area (Å²) in [6, 6.07) is 0. The standard InChI is InChI=1S/C8H9NO.Na.3H2O.Sb/c1-7(10)9-8-5-3-2-4-6-8;;;;;/h3-5H,6H2,1H3,(H,9,10);;3*1H2;/q;+1;;;;/p-2. The van der Waals surface area contributed by atoms with Gasteiger partial charge in [-0.15, -0.1) is 5.73 Å². The van der Waals surface area contributed by atoms with Gasteiger partial charge in [-0.05, 0) is 31.0 Å². The van der Waals surface area contributed by atoms with Crippen molar-refractivity contribution in [2.45, 2.75) is 13.3 Å². The van der Waals surface area contributed by atoms with Gasteiger partial charge in [0.2, 0.25) is 0 Å². The summed E-state index contributed by atoms with van der Waals surface area (Å²) in [6.45, 7) is 1.45. The van der Waals surface area contributed by atoms with Crippen molar-refractivity contribution in [1.82, 2.24) is 0 Å². The van der Waals surface area contributed by atoms with Crippen molar-refractivity contribution in [2.24, 2.45) is 4.99 Å². The van der Waals surface area contributed by atoms with E-state index >= 15 is 0 Å². The molecule has 0 saturated heterocycles. The van der Waals surface area contributed by atoms with Crippen LogP contribution in [0.5, 0.6) is 0 Å². The fourth-order valence-corrected chi connectivity index (χ4v) is 0.729. The van der Waals surface area contributed by atoms with Crippen molar-refractivity contribution >= 4 is 30.3 Å². The minimum atomic E-state index is -0.144. The first-order valence-corrected chi connectivity index (χ1v) is 3.11. The third-order valence-electron chi connectivity index (χ3n) is 1.10. The van der Waals surface area contributed by atoms with Crippen LogP contribution in [0.2, 0.25) is 0 Å². The van der Waals surface area contributed by atoms with Crippen molar-refractivity contribution in [3.05, 3.63) is 29.7 Å². The summed E-state index contributed by atoms with van der Waals surface area (Å²) in [4.78, 5) is 3.76. The Balaban J connectivity index is -0.0000000667. The molecule has 1 rings (SSSR count). The van der Waals surface area contributed by atoms with Gasteiger partial charge in [0.25, 0.3) is 0 Å². The molecule has 0 fully saturated rings. The third kappa shape index (κ3) is 14.4. The molecule has 1 aliphatic carbocycles. The van der Waals surface area contributed by atoms with Gasteiger partial charge in [-0.25, -0.2) is 0 Å². The number of hydrogen-bond acceptors (Lipinski definition) is 3. The summed E-state index contributed by atoms with van der Waals surface area (Å²) in [5.41, 5.74) is 3.70. The first kappa shape index (κ1) is 29.5. The maximum absolute atomic E-state index is 10.5. The molecule has 5 N–H and O–H groups in total. The largest absolute Gasteiger partial charge is 1.00 e. The molecular weight excluding hydrogens is 319 g/mol. The van der Waals surface area contributed by atoms with E-state index < -0.39 is 0 Å². The molecule has 0 atom stereocenters. The minimum absolute atomic E-state index is 0. The molecular formula is C8H13NNaO4Sb-. The molecule has 3 radical (unpaired) electrons. The Morgan fingerprint density at radius 1 is 1.47 bits per heavy atom. The van der Waals surface area contributed by atoms with Crippen molar-refractivity contribution in [2.75, 3.05) is 0 Å². The van der Waals surface area contributed by atoms with Crippen LogP contribution in [0.1, 0.15) is 13.3 Å². The van der Waals surface area contributed by atoms with Crippen molar-refractivity contribution in [3.8, 4) is 0 Å². The fraction of sp³-hybridized carbons (Fsp3) is 0.250. The average Bonchev–Trinajstić information content (AvgIpc) is 1.88. The van der Waals surface area contributed by atoms with Crippen LogP contribution in [0.4, 0.5) is 0 Å². The minimum Gasteiger partial charge on any atom is -0.870 e. The van der Waals surface area contributed by atoms with Gasteiger partial charge in [-0.2, -0.15) is 0 Å². The normalized spacial score (nSPS) is 11.5. The fourth-order valence-electron chi connectivity index (χ4n) is 0.729. The van der Waals surface area contributed by atoms with Crippen LogP contribution in [0.25, 0.3) is 0 Å². The van der Waals surface area contributed by atoms with Crippen LogP contribution in [0.15, 0.2) is 34.6 Å². The van der Waals surface area contributed by atoms with E-state index in [0.29, 0.717) is 0 Å². The van der Waals surface area contributed by atoms with Gasteiger partial charge in [-0.1, -0.05) is 0 Å². The number of rotatable bonds is 1. The molecule has 81 valence electrons. The van der Waals surface area contributed by atoms with Gasteiger partial charge in [0.1, 0.15) is 0 Å². The van der Waals surface area contributed by atoms with E-state index in [2.05, 4.69) is 10.7 Å². The SMILES string of the molecule is CC([O-])=NC1=CC=C=CC1.O.O.[Na+].[OH-].[Sb]. The molecule has 7 heteroatoms. The summed E-state index contributed by atoms with van der Waals surface area (Å²) in [7, 11) is 0. The van der Waals surface area contributed by atoms with Gasteiger partial charge in [-0.3, -0.25) is 4.99 Å². The Morgan fingerprint density at radius 3 is 2.33 bits per heavy atom. The first-order valence-electron chi connectivity index (χ1n) is 3.11. The zero-order valence-electron chi connectivity index (χ0n) is 8.69. The predicted octanol–water partition coefficient (Wildman–Crippen LogP) is -4.44. The second-order valence-electron chi connectivity index (χ2n) is 2.03. The van der Waals surface area contributed by atoms with Gasteiger partial charge in [0.05, 0.1) is 0 Å². The van der Waals surface area contributed by atoms with Crippen molar-refractivity contribution in [3.63, 3.8) is 0 Å². The van der Waals surface area contributed by atoms with E-state index in [9.17, 15) is 5.11 Å². The first-order chi connectivity index (χ1) is 4.79. The van der Waals surface area contributed by atoms with Crippen LogP contribution in [0.3, 0.4) is 0 Å². The Bertz CT molecular complexity index is 255. The van der Waals surface area contributed by atoms with E-state index in [-0.39, 0.29) is 76.3 Å². The van der Waals surface area contributed by atoms with E-state index in [4.69, 9.17) is 0 Å². The summed E-state index contributed by atoms with van der Waals surface area (Å²) in [5, 5.41) is 10.5. The van der Waals surface area contributed by atoms with Crippen LogP contribution in [-0.2, 0) is 0 Å². The molecule has 0 amide bonds. The van der Waals surface area contributed by atoms with Gasteiger partial charge in [0, 0.05) is 36.5 Å². The Labute approximate surface area is 128 Å². The van der Waals surface area contributed by atoms with E-state index in [1.165, 1.54) is 6.92 Å². The second-order valence-corrected chi connectivity index (χ2v) is 2.03. The molecule has 0 unspecified atom stereocenters. The predicted molar refractivity (Wildman–Crippen MR) is 53.4 cm³/mol. The van der Waals surface area contributed by atoms with Crippen molar-refractivity contribution < 1.29 is 51.1 Å². The molecule has 15 heavy (non-hydrogen) atoms. The number of aliphatic imine (C=N–C) groups is 1. The number of nitrogens with zero attached hydrogens (tertiary/aromatic N) is 1. The van der Waals surface area contributed by atoms with E-state index in [0.717, 1.165) is 12.1 Å². The monoisotopic (exact) mass is 331 g/mol. The van der Waals surface area contributed by atoms with Gasteiger partial charge in [0.15, 0.2) is 0 Å². The summed E-state index contributed by atoms with van der Waals surface area (Å²) in [6.07, 6.45) is 6.12. The van der Waals surface area contributed by atoms with Gasteiger partial charge >= 0.3 is 29.6 Å². The maximum Gasteiger partial charge on any atom is 1.00 e. The molecule has 0 aromatic carbocycles. The van der Waals surface area contributed by atoms with Crippen LogP contribution >= 0.6 is 0 Å². The molecule has 0 aliphatic heterocycles. The third-order valence-corrected chi connectivity index (χ3v) is 1.10. The maximum atomic E-state index is 10.5. The number of allylic oxidation sites excluding steroid dienone is 2. The van der Waals surface area contributed by atoms with E-state index in [1.807, 2.05) is 6.08 Å². The van der Waals surface area contributed by atoms with E-state index in [1.54, 1.807) is 12.2 Å². The Morgan fingerprint density at radius 2 is 2.00 bits per heavy atom. The Hall–Kier alpha value is 0.428.